The van der Waals surface area contributed by atoms with Gasteiger partial charge in [0.1, 0.15) is 5.75 Å². The van der Waals surface area contributed by atoms with Gasteiger partial charge in [0.15, 0.2) is 0 Å². The molecule has 0 amide bonds. The SMILES string of the molecule is COc1cc(C)c(C(C)C(C)CN)cc1C. The lowest BCUT2D eigenvalue weighted by Gasteiger charge is -2.22. The first-order chi connectivity index (χ1) is 7.51. The molecule has 0 radical (unpaired) electrons. The maximum atomic E-state index is 5.73. The number of methoxy groups -OCH3 is 1. The number of hydrogen-bond acceptors (Lipinski definition) is 2. The van der Waals surface area contributed by atoms with Gasteiger partial charge >= 0.3 is 0 Å². The predicted octanol–water partition coefficient (Wildman–Crippen LogP) is 3.01. The smallest absolute Gasteiger partial charge is 0.122 e. The monoisotopic (exact) mass is 221 g/mol. The van der Waals surface area contributed by atoms with E-state index >= 15 is 0 Å². The molecule has 2 atom stereocenters. The number of nitrogens with two attached hydrogens (primary N) is 1. The molecule has 0 aliphatic rings. The number of hydrogen-bond donors (Lipinski definition) is 1. The minimum Gasteiger partial charge on any atom is -0.496 e. The fraction of sp³-hybridized carbons (Fsp3) is 0.571. The Morgan fingerprint density at radius 1 is 1.19 bits per heavy atom. The van der Waals surface area contributed by atoms with E-state index in [0.717, 1.165) is 12.3 Å². The first-order valence-electron chi connectivity index (χ1n) is 5.86. The van der Waals surface area contributed by atoms with Crippen LogP contribution < -0.4 is 10.5 Å². The highest BCUT2D eigenvalue weighted by molar-refractivity contribution is 5.43. The van der Waals surface area contributed by atoms with Crippen molar-refractivity contribution in [2.45, 2.75) is 33.6 Å². The molecule has 2 heteroatoms. The Morgan fingerprint density at radius 3 is 2.31 bits per heavy atom. The van der Waals surface area contributed by atoms with E-state index in [-0.39, 0.29) is 0 Å². The topological polar surface area (TPSA) is 35.2 Å². The van der Waals surface area contributed by atoms with Crippen molar-refractivity contribution < 1.29 is 4.74 Å². The Morgan fingerprint density at radius 2 is 1.81 bits per heavy atom. The summed E-state index contributed by atoms with van der Waals surface area (Å²) in [5.74, 6) is 1.97. The van der Waals surface area contributed by atoms with E-state index in [2.05, 4.69) is 39.8 Å². The normalized spacial score (nSPS) is 14.6. The van der Waals surface area contributed by atoms with E-state index in [4.69, 9.17) is 10.5 Å². The summed E-state index contributed by atoms with van der Waals surface area (Å²) in [6.45, 7) is 9.39. The quantitative estimate of drug-likeness (QED) is 0.848. The van der Waals surface area contributed by atoms with Crippen molar-refractivity contribution in [2.75, 3.05) is 13.7 Å². The molecule has 0 saturated heterocycles. The second kappa shape index (κ2) is 5.35. The van der Waals surface area contributed by atoms with Crippen molar-refractivity contribution >= 4 is 0 Å². The van der Waals surface area contributed by atoms with Crippen LogP contribution >= 0.6 is 0 Å². The zero-order chi connectivity index (χ0) is 12.3. The number of rotatable bonds is 4. The summed E-state index contributed by atoms with van der Waals surface area (Å²) in [7, 11) is 1.72. The third-order valence-electron chi connectivity index (χ3n) is 3.50. The van der Waals surface area contributed by atoms with E-state index < -0.39 is 0 Å². The van der Waals surface area contributed by atoms with Crippen molar-refractivity contribution in [3.63, 3.8) is 0 Å². The van der Waals surface area contributed by atoms with Gasteiger partial charge in [-0.3, -0.25) is 0 Å². The molecule has 2 unspecified atom stereocenters. The van der Waals surface area contributed by atoms with Crippen molar-refractivity contribution in [3.05, 3.63) is 28.8 Å². The number of aryl methyl sites for hydroxylation is 2. The first-order valence-corrected chi connectivity index (χ1v) is 5.86. The van der Waals surface area contributed by atoms with Crippen LogP contribution in [0.15, 0.2) is 12.1 Å². The second-order valence-corrected chi connectivity index (χ2v) is 4.68. The minimum absolute atomic E-state index is 0.495. The van der Waals surface area contributed by atoms with Crippen molar-refractivity contribution in [3.8, 4) is 5.75 Å². The van der Waals surface area contributed by atoms with Crippen molar-refractivity contribution in [1.82, 2.24) is 0 Å². The van der Waals surface area contributed by atoms with Crippen LogP contribution in [-0.4, -0.2) is 13.7 Å². The molecule has 1 rings (SSSR count). The Labute approximate surface area is 98.8 Å². The molecule has 0 spiro atoms. The van der Waals surface area contributed by atoms with Gasteiger partial charge < -0.3 is 10.5 Å². The molecule has 90 valence electrons. The average Bonchev–Trinajstić information content (AvgIpc) is 2.29. The maximum absolute atomic E-state index is 5.73. The van der Waals surface area contributed by atoms with Gasteiger partial charge in [-0.1, -0.05) is 19.9 Å². The molecule has 0 heterocycles. The third kappa shape index (κ3) is 2.56. The molecule has 16 heavy (non-hydrogen) atoms. The summed E-state index contributed by atoms with van der Waals surface area (Å²) in [6.07, 6.45) is 0. The lowest BCUT2D eigenvalue weighted by molar-refractivity contribution is 0.410. The molecule has 1 aromatic rings. The van der Waals surface area contributed by atoms with Gasteiger partial charge in [-0.15, -0.1) is 0 Å². The average molecular weight is 221 g/mol. The Bertz CT molecular complexity index is 360. The number of ether oxygens (including phenoxy) is 1. The second-order valence-electron chi connectivity index (χ2n) is 4.68. The van der Waals surface area contributed by atoms with Gasteiger partial charge in [0.2, 0.25) is 0 Å². The lowest BCUT2D eigenvalue weighted by Crippen LogP contribution is -2.17. The van der Waals surface area contributed by atoms with Gasteiger partial charge in [0.25, 0.3) is 0 Å². The highest BCUT2D eigenvalue weighted by Gasteiger charge is 2.16. The zero-order valence-corrected chi connectivity index (χ0v) is 11.0. The van der Waals surface area contributed by atoms with Crippen LogP contribution in [0.4, 0.5) is 0 Å². The van der Waals surface area contributed by atoms with Gasteiger partial charge in [0.05, 0.1) is 7.11 Å². The molecule has 2 N–H and O–H groups in total. The fourth-order valence-corrected chi connectivity index (χ4v) is 2.03. The van der Waals surface area contributed by atoms with Gasteiger partial charge in [-0.05, 0) is 55.0 Å². The lowest BCUT2D eigenvalue weighted by atomic mass is 9.85. The van der Waals surface area contributed by atoms with Crippen molar-refractivity contribution in [2.24, 2.45) is 11.7 Å². The number of benzene rings is 1. The highest BCUT2D eigenvalue weighted by atomic mass is 16.5. The largest absolute Gasteiger partial charge is 0.496 e. The van der Waals surface area contributed by atoms with Crippen LogP contribution in [0.25, 0.3) is 0 Å². The molecule has 0 aliphatic carbocycles. The molecule has 0 aliphatic heterocycles. The molecular weight excluding hydrogens is 198 g/mol. The fourth-order valence-electron chi connectivity index (χ4n) is 2.03. The van der Waals surface area contributed by atoms with Crippen LogP contribution in [0.3, 0.4) is 0 Å². The predicted molar refractivity (Wildman–Crippen MR) is 69.1 cm³/mol. The van der Waals surface area contributed by atoms with Crippen LogP contribution in [0.2, 0.25) is 0 Å². The Balaban J connectivity index is 3.10. The molecule has 2 nitrogen and oxygen atoms in total. The van der Waals surface area contributed by atoms with E-state index in [1.807, 2.05) is 0 Å². The zero-order valence-electron chi connectivity index (χ0n) is 11.0. The van der Waals surface area contributed by atoms with E-state index in [1.54, 1.807) is 7.11 Å². The van der Waals surface area contributed by atoms with Crippen LogP contribution in [0.5, 0.6) is 5.75 Å². The minimum atomic E-state index is 0.495. The van der Waals surface area contributed by atoms with Crippen LogP contribution in [0, 0.1) is 19.8 Å². The summed E-state index contributed by atoms with van der Waals surface area (Å²) in [4.78, 5) is 0. The van der Waals surface area contributed by atoms with E-state index in [0.29, 0.717) is 11.8 Å². The molecule has 0 fully saturated rings. The van der Waals surface area contributed by atoms with Gasteiger partial charge in [0, 0.05) is 0 Å². The van der Waals surface area contributed by atoms with E-state index in [9.17, 15) is 0 Å². The summed E-state index contributed by atoms with van der Waals surface area (Å²) >= 11 is 0. The maximum Gasteiger partial charge on any atom is 0.122 e. The van der Waals surface area contributed by atoms with Gasteiger partial charge in [-0.25, -0.2) is 0 Å². The van der Waals surface area contributed by atoms with Crippen molar-refractivity contribution in [1.29, 1.82) is 0 Å². The summed E-state index contributed by atoms with van der Waals surface area (Å²) in [5.41, 5.74) is 9.60. The molecule has 1 aromatic carbocycles. The van der Waals surface area contributed by atoms with Crippen LogP contribution in [0.1, 0.15) is 36.5 Å². The standard InChI is InChI=1S/C14H23NO/c1-9-7-14(16-5)10(2)6-13(9)12(4)11(3)8-15/h6-7,11-12H,8,15H2,1-5H3. The highest BCUT2D eigenvalue weighted by Crippen LogP contribution is 2.31. The summed E-state index contributed by atoms with van der Waals surface area (Å²) in [5, 5.41) is 0. The van der Waals surface area contributed by atoms with Crippen LogP contribution in [-0.2, 0) is 0 Å². The first kappa shape index (κ1) is 13.0. The Kier molecular flexibility index (Phi) is 4.36. The molecular formula is C14H23NO. The summed E-state index contributed by atoms with van der Waals surface area (Å²) < 4.78 is 5.32. The molecule has 0 saturated carbocycles. The Hall–Kier alpha value is -1.02. The third-order valence-corrected chi connectivity index (χ3v) is 3.50. The van der Waals surface area contributed by atoms with E-state index in [1.165, 1.54) is 16.7 Å². The summed E-state index contributed by atoms with van der Waals surface area (Å²) in [6, 6.07) is 4.34. The molecule has 0 aromatic heterocycles. The van der Waals surface area contributed by atoms with Gasteiger partial charge in [-0.2, -0.15) is 0 Å². The molecule has 0 bridgehead atoms.